The van der Waals surface area contributed by atoms with Crippen LogP contribution >= 0.6 is 0 Å². The van der Waals surface area contributed by atoms with E-state index in [-0.39, 0.29) is 10.6 Å². The molecule has 0 bridgehead atoms. The molecule has 0 aliphatic carbocycles. The van der Waals surface area contributed by atoms with Crippen molar-refractivity contribution in [1.82, 2.24) is 0 Å². The fourth-order valence-electron chi connectivity index (χ4n) is 2.06. The summed E-state index contributed by atoms with van der Waals surface area (Å²) in [5.41, 5.74) is 8.97. The Kier molecular flexibility index (Phi) is 3.93. The lowest BCUT2D eigenvalue weighted by Gasteiger charge is -2.14. The van der Waals surface area contributed by atoms with E-state index in [0.29, 0.717) is 11.4 Å². The van der Waals surface area contributed by atoms with Crippen LogP contribution in [0.2, 0.25) is 0 Å². The first-order valence-corrected chi connectivity index (χ1v) is 7.91. The van der Waals surface area contributed by atoms with Gasteiger partial charge in [0.05, 0.1) is 0 Å². The maximum atomic E-state index is 11.7. The molecule has 0 spiro atoms. The maximum Gasteiger partial charge on any atom is 0.241 e. The van der Waals surface area contributed by atoms with Crippen molar-refractivity contribution in [3.63, 3.8) is 0 Å². The van der Waals surface area contributed by atoms with Gasteiger partial charge < -0.3 is 10.5 Å². The van der Waals surface area contributed by atoms with Crippen molar-refractivity contribution in [3.05, 3.63) is 47.0 Å². The number of aryl methyl sites for hydroxylation is 2. The van der Waals surface area contributed by atoms with E-state index in [9.17, 15) is 8.42 Å². The van der Waals surface area contributed by atoms with Crippen molar-refractivity contribution >= 4 is 15.7 Å². The molecule has 0 saturated carbocycles. The zero-order valence-electron chi connectivity index (χ0n) is 12.2. The Morgan fingerprint density at radius 1 is 1.00 bits per heavy atom. The van der Waals surface area contributed by atoms with Gasteiger partial charge in [-0.3, -0.25) is 0 Å². The van der Waals surface area contributed by atoms with E-state index in [1.807, 2.05) is 32.9 Å². The van der Waals surface area contributed by atoms with Gasteiger partial charge in [-0.2, -0.15) is 0 Å². The summed E-state index contributed by atoms with van der Waals surface area (Å²) < 4.78 is 29.1. The number of nitrogen functional groups attached to an aromatic ring is 1. The topological polar surface area (TPSA) is 95.4 Å². The molecule has 0 aliphatic heterocycles. The van der Waals surface area contributed by atoms with Gasteiger partial charge in [-0.15, -0.1) is 0 Å². The third-order valence-corrected chi connectivity index (χ3v) is 4.19. The van der Waals surface area contributed by atoms with Gasteiger partial charge in [0.15, 0.2) is 0 Å². The Bertz CT molecular complexity index is 799. The molecular formula is C15H18N2O3S. The van der Waals surface area contributed by atoms with Gasteiger partial charge >= 0.3 is 0 Å². The minimum absolute atomic E-state index is 0.124. The fourth-order valence-corrected chi connectivity index (χ4v) is 2.75. The van der Waals surface area contributed by atoms with Gasteiger partial charge in [-0.25, -0.2) is 13.6 Å². The predicted octanol–water partition coefficient (Wildman–Crippen LogP) is 2.63. The number of nitrogens with two attached hydrogens (primary N) is 2. The van der Waals surface area contributed by atoms with Gasteiger partial charge in [0.2, 0.25) is 10.0 Å². The second-order valence-electron chi connectivity index (χ2n) is 5.06. The van der Waals surface area contributed by atoms with Crippen molar-refractivity contribution in [3.8, 4) is 11.5 Å². The first-order chi connectivity index (χ1) is 9.68. The average molecular weight is 306 g/mol. The summed E-state index contributed by atoms with van der Waals surface area (Å²) in [7, 11) is -3.91. The number of sulfonamides is 1. The van der Waals surface area contributed by atoms with Crippen molar-refractivity contribution in [2.75, 3.05) is 5.73 Å². The Morgan fingerprint density at radius 3 is 2.29 bits per heavy atom. The quantitative estimate of drug-likeness (QED) is 0.852. The highest BCUT2D eigenvalue weighted by Crippen LogP contribution is 2.33. The largest absolute Gasteiger partial charge is 0.456 e. The first kappa shape index (κ1) is 15.3. The Morgan fingerprint density at radius 2 is 1.67 bits per heavy atom. The van der Waals surface area contributed by atoms with E-state index in [4.69, 9.17) is 15.6 Å². The van der Waals surface area contributed by atoms with Crippen molar-refractivity contribution in [1.29, 1.82) is 0 Å². The third kappa shape index (κ3) is 3.34. The third-order valence-electron chi connectivity index (χ3n) is 3.26. The normalized spacial score (nSPS) is 11.4. The van der Waals surface area contributed by atoms with E-state index in [0.717, 1.165) is 16.7 Å². The van der Waals surface area contributed by atoms with Crippen LogP contribution in [-0.4, -0.2) is 8.42 Å². The molecule has 0 heterocycles. The molecule has 21 heavy (non-hydrogen) atoms. The average Bonchev–Trinajstić information content (AvgIpc) is 2.36. The van der Waals surface area contributed by atoms with Gasteiger partial charge in [-0.05, 0) is 61.7 Å². The standard InChI is InChI=1S/C15H18N2O3S/c1-9-6-10(2)11(3)14(7-9)20-13-5-4-12(16)8-15(13)21(17,18)19/h4-8H,16H2,1-3H3,(H2,17,18,19). The number of ether oxygens (including phenoxy) is 1. The Balaban J connectivity index is 2.55. The van der Waals surface area contributed by atoms with Crippen LogP contribution in [0.4, 0.5) is 5.69 Å². The van der Waals surface area contributed by atoms with Crippen molar-refractivity contribution in [2.24, 2.45) is 5.14 Å². The zero-order chi connectivity index (χ0) is 15.8. The van der Waals surface area contributed by atoms with Gasteiger partial charge in [-0.1, -0.05) is 6.07 Å². The Hall–Kier alpha value is -2.05. The fraction of sp³-hybridized carbons (Fsp3) is 0.200. The highest BCUT2D eigenvalue weighted by atomic mass is 32.2. The zero-order valence-corrected chi connectivity index (χ0v) is 13.0. The molecule has 2 aromatic carbocycles. The van der Waals surface area contributed by atoms with Crippen LogP contribution in [-0.2, 0) is 10.0 Å². The number of hydrogen-bond donors (Lipinski definition) is 2. The number of rotatable bonds is 3. The molecule has 5 nitrogen and oxygen atoms in total. The summed E-state index contributed by atoms with van der Waals surface area (Å²) in [5, 5.41) is 5.21. The van der Waals surface area contributed by atoms with Crippen LogP contribution in [0.15, 0.2) is 35.2 Å². The van der Waals surface area contributed by atoms with E-state index in [1.165, 1.54) is 12.1 Å². The molecule has 0 amide bonds. The molecule has 0 radical (unpaired) electrons. The smallest absolute Gasteiger partial charge is 0.241 e. The van der Waals surface area contributed by atoms with Crippen LogP contribution < -0.4 is 15.6 Å². The molecular weight excluding hydrogens is 288 g/mol. The van der Waals surface area contributed by atoms with Crippen LogP contribution in [0.25, 0.3) is 0 Å². The molecule has 2 aromatic rings. The summed E-state index contributed by atoms with van der Waals surface area (Å²) in [6.07, 6.45) is 0. The van der Waals surface area contributed by atoms with Crippen LogP contribution in [0.5, 0.6) is 11.5 Å². The number of primary sulfonamides is 1. The summed E-state index contributed by atoms with van der Waals surface area (Å²) in [6.45, 7) is 5.83. The summed E-state index contributed by atoms with van der Waals surface area (Å²) in [4.78, 5) is -0.124. The molecule has 0 unspecified atom stereocenters. The number of anilines is 1. The maximum absolute atomic E-state index is 11.7. The molecule has 2 rings (SSSR count). The molecule has 0 aliphatic rings. The SMILES string of the molecule is Cc1cc(C)c(C)c(Oc2ccc(N)cc2S(N)(=O)=O)c1. The highest BCUT2D eigenvalue weighted by molar-refractivity contribution is 7.89. The van der Waals surface area contributed by atoms with Crippen molar-refractivity contribution in [2.45, 2.75) is 25.7 Å². The van der Waals surface area contributed by atoms with E-state index >= 15 is 0 Å². The lowest BCUT2D eigenvalue weighted by molar-refractivity contribution is 0.463. The van der Waals surface area contributed by atoms with Gasteiger partial charge in [0.1, 0.15) is 16.4 Å². The number of benzene rings is 2. The van der Waals surface area contributed by atoms with E-state index in [1.54, 1.807) is 6.07 Å². The second kappa shape index (κ2) is 5.38. The monoisotopic (exact) mass is 306 g/mol. The summed E-state index contributed by atoms with van der Waals surface area (Å²) in [6, 6.07) is 8.26. The highest BCUT2D eigenvalue weighted by Gasteiger charge is 2.17. The van der Waals surface area contributed by atoms with Crippen LogP contribution in [0, 0.1) is 20.8 Å². The van der Waals surface area contributed by atoms with Crippen LogP contribution in [0.3, 0.4) is 0 Å². The minimum Gasteiger partial charge on any atom is -0.456 e. The molecule has 6 heteroatoms. The summed E-state index contributed by atoms with van der Waals surface area (Å²) >= 11 is 0. The van der Waals surface area contributed by atoms with Gasteiger partial charge in [0.25, 0.3) is 0 Å². The Labute approximate surface area is 124 Å². The molecule has 0 fully saturated rings. The van der Waals surface area contributed by atoms with E-state index in [2.05, 4.69) is 0 Å². The molecule has 4 N–H and O–H groups in total. The minimum atomic E-state index is -3.91. The van der Waals surface area contributed by atoms with Crippen LogP contribution in [0.1, 0.15) is 16.7 Å². The molecule has 0 saturated heterocycles. The lowest BCUT2D eigenvalue weighted by atomic mass is 10.1. The lowest BCUT2D eigenvalue weighted by Crippen LogP contribution is -2.13. The number of hydrogen-bond acceptors (Lipinski definition) is 4. The van der Waals surface area contributed by atoms with Gasteiger partial charge in [0, 0.05) is 5.69 Å². The first-order valence-electron chi connectivity index (χ1n) is 6.36. The van der Waals surface area contributed by atoms with Crippen molar-refractivity contribution < 1.29 is 13.2 Å². The predicted molar refractivity (Wildman–Crippen MR) is 83.0 cm³/mol. The molecule has 0 atom stereocenters. The molecule has 0 aromatic heterocycles. The molecule has 112 valence electrons. The van der Waals surface area contributed by atoms with E-state index < -0.39 is 10.0 Å². The summed E-state index contributed by atoms with van der Waals surface area (Å²) in [5.74, 6) is 0.766. The second-order valence-corrected chi connectivity index (χ2v) is 6.59.